The Labute approximate surface area is 147 Å². The number of hydrogen-bond donors (Lipinski definition) is 2. The summed E-state index contributed by atoms with van der Waals surface area (Å²) in [7, 11) is 0. The van der Waals surface area contributed by atoms with E-state index in [4.69, 9.17) is 11.6 Å². The first-order chi connectivity index (χ1) is 11.5. The number of benzene rings is 2. The van der Waals surface area contributed by atoms with E-state index in [2.05, 4.69) is 15.6 Å². The first-order valence-corrected chi connectivity index (χ1v) is 8.54. The summed E-state index contributed by atoms with van der Waals surface area (Å²) in [6.07, 6.45) is 0. The van der Waals surface area contributed by atoms with Crippen LogP contribution in [0.2, 0.25) is 0 Å². The number of aryl methyl sites for hydroxylation is 1. The smallest absolute Gasteiger partial charge is 0.257 e. The van der Waals surface area contributed by atoms with Crippen molar-refractivity contribution in [3.8, 4) is 0 Å². The Hall–Kier alpha value is -2.44. The van der Waals surface area contributed by atoms with Gasteiger partial charge >= 0.3 is 0 Å². The van der Waals surface area contributed by atoms with Crippen molar-refractivity contribution >= 4 is 55.8 Å². The van der Waals surface area contributed by atoms with Crippen LogP contribution in [0.15, 0.2) is 42.5 Å². The third-order valence-electron chi connectivity index (χ3n) is 3.33. The molecule has 7 heteroatoms. The minimum Gasteiger partial charge on any atom is -0.325 e. The van der Waals surface area contributed by atoms with Crippen LogP contribution < -0.4 is 10.6 Å². The molecule has 122 valence electrons. The highest BCUT2D eigenvalue weighted by Crippen LogP contribution is 2.28. The lowest BCUT2D eigenvalue weighted by Gasteiger charge is -2.01. The summed E-state index contributed by atoms with van der Waals surface area (Å²) in [4.78, 5) is 28.0. The molecule has 0 saturated heterocycles. The van der Waals surface area contributed by atoms with Gasteiger partial charge in [0.1, 0.15) is 5.88 Å². The Balaban J connectivity index is 1.79. The number of fused-ring (bicyclic) bond motifs is 1. The number of carbonyl (C=O) groups excluding carboxylic acids is 2. The Morgan fingerprint density at radius 3 is 2.58 bits per heavy atom. The summed E-state index contributed by atoms with van der Waals surface area (Å²) in [6.45, 7) is 1.97. The zero-order valence-electron chi connectivity index (χ0n) is 12.8. The second kappa shape index (κ2) is 6.98. The van der Waals surface area contributed by atoms with Crippen LogP contribution >= 0.6 is 22.9 Å². The number of amides is 2. The molecule has 2 amide bonds. The molecule has 0 saturated carbocycles. The third kappa shape index (κ3) is 3.72. The highest BCUT2D eigenvalue weighted by molar-refractivity contribution is 7.22. The molecule has 0 aliphatic rings. The molecule has 2 N–H and O–H groups in total. The van der Waals surface area contributed by atoms with Gasteiger partial charge in [-0.2, -0.15) is 0 Å². The maximum Gasteiger partial charge on any atom is 0.257 e. The Morgan fingerprint density at radius 1 is 1.12 bits per heavy atom. The van der Waals surface area contributed by atoms with E-state index in [9.17, 15) is 9.59 Å². The molecule has 0 spiro atoms. The number of nitrogens with one attached hydrogen (secondary N) is 2. The Bertz CT molecular complexity index is 906. The van der Waals surface area contributed by atoms with Crippen molar-refractivity contribution in [1.82, 2.24) is 4.98 Å². The van der Waals surface area contributed by atoms with Gasteiger partial charge in [0.15, 0.2) is 5.13 Å². The lowest BCUT2D eigenvalue weighted by Crippen LogP contribution is -2.12. The van der Waals surface area contributed by atoms with Crippen molar-refractivity contribution in [3.63, 3.8) is 0 Å². The average Bonchev–Trinajstić information content (AvgIpc) is 2.96. The van der Waals surface area contributed by atoms with Gasteiger partial charge in [0.05, 0.1) is 10.2 Å². The van der Waals surface area contributed by atoms with Crippen LogP contribution in [0, 0.1) is 6.92 Å². The van der Waals surface area contributed by atoms with Gasteiger partial charge in [0, 0.05) is 11.3 Å². The van der Waals surface area contributed by atoms with Gasteiger partial charge in [-0.3, -0.25) is 14.9 Å². The molecule has 0 atom stereocenters. The van der Waals surface area contributed by atoms with Crippen molar-refractivity contribution in [2.75, 3.05) is 16.5 Å². The number of halogens is 1. The van der Waals surface area contributed by atoms with E-state index < -0.39 is 0 Å². The Morgan fingerprint density at radius 2 is 1.88 bits per heavy atom. The molecular weight excluding hydrogens is 346 g/mol. The number of anilines is 2. The highest BCUT2D eigenvalue weighted by Gasteiger charge is 2.10. The minimum absolute atomic E-state index is 0.0986. The van der Waals surface area contributed by atoms with Crippen LogP contribution in [0.3, 0.4) is 0 Å². The zero-order valence-corrected chi connectivity index (χ0v) is 14.4. The molecule has 0 radical (unpaired) electrons. The van der Waals surface area contributed by atoms with Gasteiger partial charge in [-0.05, 0) is 37.3 Å². The van der Waals surface area contributed by atoms with Crippen LogP contribution in [0.4, 0.5) is 10.8 Å². The monoisotopic (exact) mass is 359 g/mol. The predicted octanol–water partition coefficient (Wildman–Crippen LogP) is 4.03. The standard InChI is InChI=1S/C17H14ClN3O2S/c1-10-2-4-11(5-3-10)16(23)21-17-20-13-7-6-12(8-14(13)24-17)19-15(22)9-18/h2-8H,9H2,1H3,(H,19,22)(H,20,21,23). The number of carbonyl (C=O) groups is 2. The summed E-state index contributed by atoms with van der Waals surface area (Å²) < 4.78 is 0.863. The van der Waals surface area contributed by atoms with Gasteiger partial charge < -0.3 is 5.32 Å². The van der Waals surface area contributed by atoms with Crippen LogP contribution in [0.25, 0.3) is 10.2 Å². The molecule has 1 heterocycles. The number of aromatic nitrogens is 1. The molecule has 1 aromatic heterocycles. The van der Waals surface area contributed by atoms with Crippen molar-refractivity contribution < 1.29 is 9.59 Å². The number of hydrogen-bond acceptors (Lipinski definition) is 4. The van der Waals surface area contributed by atoms with Gasteiger partial charge in [-0.25, -0.2) is 4.98 Å². The third-order valence-corrected chi connectivity index (χ3v) is 4.50. The number of thiazole rings is 1. The van der Waals surface area contributed by atoms with Crippen LogP contribution in [0.5, 0.6) is 0 Å². The topological polar surface area (TPSA) is 71.1 Å². The van der Waals surface area contributed by atoms with E-state index in [0.29, 0.717) is 16.4 Å². The molecule has 0 unspecified atom stereocenters. The maximum absolute atomic E-state index is 12.2. The van der Waals surface area contributed by atoms with Gasteiger partial charge in [0.2, 0.25) is 5.91 Å². The summed E-state index contributed by atoms with van der Waals surface area (Å²) >= 11 is 6.83. The second-order valence-corrected chi connectivity index (χ2v) is 6.50. The zero-order chi connectivity index (χ0) is 17.1. The predicted molar refractivity (Wildman–Crippen MR) is 98.1 cm³/mol. The first kappa shape index (κ1) is 16.4. The van der Waals surface area contributed by atoms with E-state index >= 15 is 0 Å². The van der Waals surface area contributed by atoms with Gasteiger partial charge in [0.25, 0.3) is 5.91 Å². The first-order valence-electron chi connectivity index (χ1n) is 7.19. The van der Waals surface area contributed by atoms with Crippen molar-refractivity contribution in [3.05, 3.63) is 53.6 Å². The van der Waals surface area contributed by atoms with E-state index in [-0.39, 0.29) is 17.7 Å². The quantitative estimate of drug-likeness (QED) is 0.691. The molecule has 3 aromatic rings. The molecule has 0 aliphatic heterocycles. The molecule has 0 fully saturated rings. The SMILES string of the molecule is Cc1ccc(C(=O)Nc2nc3ccc(NC(=O)CCl)cc3s2)cc1. The van der Waals surface area contributed by atoms with Gasteiger partial charge in [-0.15, -0.1) is 11.6 Å². The number of nitrogens with zero attached hydrogens (tertiary/aromatic N) is 1. The van der Waals surface area contributed by atoms with E-state index in [1.165, 1.54) is 11.3 Å². The van der Waals surface area contributed by atoms with E-state index in [0.717, 1.165) is 15.8 Å². The van der Waals surface area contributed by atoms with Crippen LogP contribution in [-0.2, 0) is 4.79 Å². The molecule has 5 nitrogen and oxygen atoms in total. The largest absolute Gasteiger partial charge is 0.325 e. The Kier molecular flexibility index (Phi) is 4.78. The fourth-order valence-corrected chi connectivity index (χ4v) is 3.09. The number of rotatable bonds is 4. The lowest BCUT2D eigenvalue weighted by atomic mass is 10.1. The van der Waals surface area contributed by atoms with Crippen LogP contribution in [0.1, 0.15) is 15.9 Å². The molecule has 2 aromatic carbocycles. The second-order valence-electron chi connectivity index (χ2n) is 5.20. The summed E-state index contributed by atoms with van der Waals surface area (Å²) in [5.74, 6) is -0.573. The number of alkyl halides is 1. The molecule has 0 bridgehead atoms. The average molecular weight is 360 g/mol. The fraction of sp³-hybridized carbons (Fsp3) is 0.118. The normalized spacial score (nSPS) is 10.6. The van der Waals surface area contributed by atoms with Crippen molar-refractivity contribution in [1.29, 1.82) is 0 Å². The minimum atomic E-state index is -0.270. The van der Waals surface area contributed by atoms with E-state index in [1.807, 2.05) is 19.1 Å². The van der Waals surface area contributed by atoms with Crippen molar-refractivity contribution in [2.24, 2.45) is 0 Å². The van der Waals surface area contributed by atoms with E-state index in [1.54, 1.807) is 30.3 Å². The summed E-state index contributed by atoms with van der Waals surface area (Å²) in [5.41, 5.74) is 3.07. The molecular formula is C17H14ClN3O2S. The van der Waals surface area contributed by atoms with Crippen molar-refractivity contribution in [2.45, 2.75) is 6.92 Å². The molecule has 3 rings (SSSR count). The maximum atomic E-state index is 12.2. The van der Waals surface area contributed by atoms with Gasteiger partial charge in [-0.1, -0.05) is 29.0 Å². The summed E-state index contributed by atoms with van der Waals surface area (Å²) in [6, 6.07) is 12.7. The molecule has 0 aliphatic carbocycles. The highest BCUT2D eigenvalue weighted by atomic mass is 35.5. The lowest BCUT2D eigenvalue weighted by molar-refractivity contribution is -0.113. The fourth-order valence-electron chi connectivity index (χ4n) is 2.12. The molecule has 24 heavy (non-hydrogen) atoms. The van der Waals surface area contributed by atoms with Crippen LogP contribution in [-0.4, -0.2) is 22.7 Å². The summed E-state index contributed by atoms with van der Waals surface area (Å²) in [5, 5.41) is 5.99.